The second-order valence-corrected chi connectivity index (χ2v) is 7.02. The average molecular weight is 313 g/mol. The molecule has 0 unspecified atom stereocenters. The standard InChI is InChI=1S/C14H23N3O3S/c1-3-10-17(12-6-8-15-9-7-12)21(18,19)13-4-5-14(20-2)16-11-13/h4-5,11-12,15H,3,6-10H2,1-2H3. The Balaban J connectivity index is 2.27. The van der Waals surface area contributed by atoms with Gasteiger partial charge in [-0.2, -0.15) is 4.31 Å². The molecule has 1 aromatic rings. The summed E-state index contributed by atoms with van der Waals surface area (Å²) < 4.78 is 32.3. The molecule has 1 fully saturated rings. The Bertz CT molecular complexity index is 539. The van der Waals surface area contributed by atoms with Crippen LogP contribution in [-0.2, 0) is 10.0 Å². The molecule has 118 valence electrons. The van der Waals surface area contributed by atoms with Crippen molar-refractivity contribution in [3.05, 3.63) is 18.3 Å². The van der Waals surface area contributed by atoms with Crippen molar-refractivity contribution in [2.45, 2.75) is 37.1 Å². The zero-order valence-corrected chi connectivity index (χ0v) is 13.4. The molecule has 1 aliphatic rings. The number of ether oxygens (including phenoxy) is 1. The van der Waals surface area contributed by atoms with Crippen LogP contribution in [0.2, 0.25) is 0 Å². The maximum Gasteiger partial charge on any atom is 0.244 e. The Morgan fingerprint density at radius 1 is 1.38 bits per heavy atom. The zero-order chi connectivity index (χ0) is 15.3. The van der Waals surface area contributed by atoms with Crippen molar-refractivity contribution < 1.29 is 13.2 Å². The van der Waals surface area contributed by atoms with Crippen LogP contribution in [0.1, 0.15) is 26.2 Å². The summed E-state index contributed by atoms with van der Waals surface area (Å²) in [6.07, 6.45) is 3.87. The molecule has 6 nitrogen and oxygen atoms in total. The van der Waals surface area contributed by atoms with Crippen LogP contribution < -0.4 is 10.1 Å². The zero-order valence-electron chi connectivity index (χ0n) is 12.6. The summed E-state index contributed by atoms with van der Waals surface area (Å²) in [6, 6.07) is 3.21. The molecule has 21 heavy (non-hydrogen) atoms. The van der Waals surface area contributed by atoms with Gasteiger partial charge in [-0.1, -0.05) is 6.92 Å². The number of methoxy groups -OCH3 is 1. The van der Waals surface area contributed by atoms with Crippen molar-refractivity contribution in [3.63, 3.8) is 0 Å². The molecule has 0 radical (unpaired) electrons. The van der Waals surface area contributed by atoms with Gasteiger partial charge in [0.05, 0.1) is 13.3 Å². The van der Waals surface area contributed by atoms with Gasteiger partial charge in [-0.15, -0.1) is 0 Å². The van der Waals surface area contributed by atoms with Crippen molar-refractivity contribution >= 4 is 10.0 Å². The number of nitrogens with zero attached hydrogens (tertiary/aromatic N) is 2. The summed E-state index contributed by atoms with van der Waals surface area (Å²) in [5.41, 5.74) is 0. The van der Waals surface area contributed by atoms with E-state index in [1.54, 1.807) is 16.4 Å². The van der Waals surface area contributed by atoms with Crippen LogP contribution in [0.25, 0.3) is 0 Å². The largest absolute Gasteiger partial charge is 0.481 e. The molecule has 0 saturated carbocycles. The van der Waals surface area contributed by atoms with Crippen LogP contribution >= 0.6 is 0 Å². The van der Waals surface area contributed by atoms with Gasteiger partial charge in [0.15, 0.2) is 0 Å². The Kier molecular flexibility index (Phi) is 5.55. The van der Waals surface area contributed by atoms with Gasteiger partial charge in [0.25, 0.3) is 0 Å². The summed E-state index contributed by atoms with van der Waals surface area (Å²) in [4.78, 5) is 4.24. The van der Waals surface area contributed by atoms with Gasteiger partial charge in [-0.3, -0.25) is 0 Å². The summed E-state index contributed by atoms with van der Waals surface area (Å²) in [6.45, 7) is 4.26. The number of hydrogen-bond acceptors (Lipinski definition) is 5. The Hall–Kier alpha value is -1.18. The fraction of sp³-hybridized carbons (Fsp3) is 0.643. The van der Waals surface area contributed by atoms with E-state index in [-0.39, 0.29) is 10.9 Å². The van der Waals surface area contributed by atoms with Gasteiger partial charge in [0.1, 0.15) is 4.90 Å². The summed E-state index contributed by atoms with van der Waals surface area (Å²) in [5, 5.41) is 3.27. The predicted molar refractivity (Wildman–Crippen MR) is 80.9 cm³/mol. The van der Waals surface area contributed by atoms with E-state index in [1.807, 2.05) is 6.92 Å². The van der Waals surface area contributed by atoms with Gasteiger partial charge in [0.2, 0.25) is 15.9 Å². The molecule has 0 spiro atoms. The molecule has 1 N–H and O–H groups in total. The molecular formula is C14H23N3O3S. The molecule has 0 bridgehead atoms. The number of piperidine rings is 1. The third kappa shape index (κ3) is 3.72. The van der Waals surface area contributed by atoms with Gasteiger partial charge in [0, 0.05) is 18.7 Å². The Morgan fingerprint density at radius 2 is 2.10 bits per heavy atom. The number of nitrogens with one attached hydrogen (secondary N) is 1. The minimum absolute atomic E-state index is 0.0679. The fourth-order valence-corrected chi connectivity index (χ4v) is 4.31. The van der Waals surface area contributed by atoms with Crippen LogP contribution in [0.4, 0.5) is 0 Å². The lowest BCUT2D eigenvalue weighted by molar-refractivity contribution is 0.262. The lowest BCUT2D eigenvalue weighted by atomic mass is 10.1. The fourth-order valence-electron chi connectivity index (χ4n) is 2.59. The topological polar surface area (TPSA) is 71.5 Å². The maximum absolute atomic E-state index is 12.8. The van der Waals surface area contributed by atoms with E-state index >= 15 is 0 Å². The van der Waals surface area contributed by atoms with Crippen LogP contribution in [-0.4, -0.2) is 50.5 Å². The van der Waals surface area contributed by atoms with E-state index in [9.17, 15) is 8.42 Å². The molecule has 0 aromatic carbocycles. The molecule has 1 aromatic heterocycles. The molecule has 2 rings (SSSR count). The highest BCUT2D eigenvalue weighted by Crippen LogP contribution is 2.23. The number of aromatic nitrogens is 1. The van der Waals surface area contributed by atoms with Crippen molar-refractivity contribution in [2.75, 3.05) is 26.7 Å². The lowest BCUT2D eigenvalue weighted by Crippen LogP contribution is -2.46. The van der Waals surface area contributed by atoms with E-state index in [0.717, 1.165) is 32.4 Å². The minimum atomic E-state index is -3.50. The van der Waals surface area contributed by atoms with E-state index < -0.39 is 10.0 Å². The van der Waals surface area contributed by atoms with Crippen molar-refractivity contribution in [2.24, 2.45) is 0 Å². The van der Waals surface area contributed by atoms with Crippen LogP contribution in [0.15, 0.2) is 23.2 Å². The van der Waals surface area contributed by atoms with Crippen molar-refractivity contribution in [1.29, 1.82) is 0 Å². The first-order valence-electron chi connectivity index (χ1n) is 7.32. The molecule has 0 amide bonds. The lowest BCUT2D eigenvalue weighted by Gasteiger charge is -2.33. The predicted octanol–water partition coefficient (Wildman–Crippen LogP) is 1.24. The molecule has 1 saturated heterocycles. The number of rotatable bonds is 6. The van der Waals surface area contributed by atoms with E-state index in [1.165, 1.54) is 13.3 Å². The first-order valence-corrected chi connectivity index (χ1v) is 8.76. The normalized spacial score (nSPS) is 17.1. The summed E-state index contributed by atoms with van der Waals surface area (Å²) in [7, 11) is -1.99. The number of pyridine rings is 1. The molecule has 1 aliphatic heterocycles. The Morgan fingerprint density at radius 3 is 2.62 bits per heavy atom. The average Bonchev–Trinajstić information content (AvgIpc) is 2.53. The van der Waals surface area contributed by atoms with Gasteiger partial charge < -0.3 is 10.1 Å². The van der Waals surface area contributed by atoms with Gasteiger partial charge >= 0.3 is 0 Å². The highest BCUT2D eigenvalue weighted by Gasteiger charge is 2.31. The molecule has 0 aliphatic carbocycles. The van der Waals surface area contributed by atoms with E-state index in [2.05, 4.69) is 10.3 Å². The summed E-state index contributed by atoms with van der Waals surface area (Å²) >= 11 is 0. The smallest absolute Gasteiger partial charge is 0.244 e. The quantitative estimate of drug-likeness (QED) is 0.855. The number of sulfonamides is 1. The molecule has 7 heteroatoms. The number of hydrogen-bond donors (Lipinski definition) is 1. The maximum atomic E-state index is 12.8. The third-order valence-electron chi connectivity index (χ3n) is 3.68. The molecule has 2 heterocycles. The van der Waals surface area contributed by atoms with Gasteiger partial charge in [-0.05, 0) is 38.4 Å². The second kappa shape index (κ2) is 7.20. The third-order valence-corrected chi connectivity index (χ3v) is 5.62. The minimum Gasteiger partial charge on any atom is -0.481 e. The van der Waals surface area contributed by atoms with Crippen molar-refractivity contribution in [1.82, 2.24) is 14.6 Å². The van der Waals surface area contributed by atoms with Crippen LogP contribution in [0.5, 0.6) is 5.88 Å². The second-order valence-electron chi connectivity index (χ2n) is 5.13. The van der Waals surface area contributed by atoms with Crippen molar-refractivity contribution in [3.8, 4) is 5.88 Å². The van der Waals surface area contributed by atoms with Crippen LogP contribution in [0, 0.1) is 0 Å². The highest BCUT2D eigenvalue weighted by molar-refractivity contribution is 7.89. The molecular weight excluding hydrogens is 290 g/mol. The van der Waals surface area contributed by atoms with Gasteiger partial charge in [-0.25, -0.2) is 13.4 Å². The SMILES string of the molecule is CCCN(C1CCNCC1)S(=O)(=O)c1ccc(OC)nc1. The van der Waals surface area contributed by atoms with Crippen LogP contribution in [0.3, 0.4) is 0 Å². The highest BCUT2D eigenvalue weighted by atomic mass is 32.2. The Labute approximate surface area is 126 Å². The first-order chi connectivity index (χ1) is 10.1. The monoisotopic (exact) mass is 313 g/mol. The van der Waals surface area contributed by atoms with E-state index in [4.69, 9.17) is 4.74 Å². The summed E-state index contributed by atoms with van der Waals surface area (Å²) in [5.74, 6) is 0.415. The van der Waals surface area contributed by atoms with E-state index in [0.29, 0.717) is 12.4 Å². The first kappa shape index (κ1) is 16.2. The molecule has 0 atom stereocenters.